The van der Waals surface area contributed by atoms with Crippen molar-refractivity contribution >= 4 is 15.9 Å². The summed E-state index contributed by atoms with van der Waals surface area (Å²) in [5.41, 5.74) is 1.65. The zero-order valence-electron chi connectivity index (χ0n) is 11.1. The highest BCUT2D eigenvalue weighted by Gasteiger charge is 2.12. The fourth-order valence-electron chi connectivity index (χ4n) is 1.72. The van der Waals surface area contributed by atoms with Crippen LogP contribution in [-0.2, 0) is 22.6 Å². The van der Waals surface area contributed by atoms with Crippen molar-refractivity contribution in [2.45, 2.75) is 46.1 Å². The first kappa shape index (κ1) is 15.6. The number of nitrogens with zero attached hydrogens (tertiary/aromatic N) is 2. The van der Waals surface area contributed by atoms with Gasteiger partial charge in [-0.15, -0.1) is 0 Å². The summed E-state index contributed by atoms with van der Waals surface area (Å²) in [5.74, 6) is 0. The van der Waals surface area contributed by atoms with Crippen LogP contribution in [0.5, 0.6) is 0 Å². The molecule has 5 nitrogen and oxygen atoms in total. The molecule has 1 atom stereocenters. The lowest BCUT2D eigenvalue weighted by molar-refractivity contribution is -0.129. The first-order valence-corrected chi connectivity index (χ1v) is 6.90. The molecule has 0 aliphatic heterocycles. The van der Waals surface area contributed by atoms with Crippen LogP contribution in [0.3, 0.4) is 0 Å². The first-order valence-electron chi connectivity index (χ1n) is 6.11. The lowest BCUT2D eigenvalue weighted by Crippen LogP contribution is -2.19. The van der Waals surface area contributed by atoms with Gasteiger partial charge in [-0.3, -0.25) is 4.68 Å². The van der Waals surface area contributed by atoms with Crippen LogP contribution in [0.1, 0.15) is 31.2 Å². The molecule has 1 aromatic rings. The summed E-state index contributed by atoms with van der Waals surface area (Å²) in [6, 6.07) is 0. The Balaban J connectivity index is 2.50. The highest BCUT2D eigenvalue weighted by atomic mass is 79.9. The van der Waals surface area contributed by atoms with E-state index in [0.29, 0.717) is 13.2 Å². The van der Waals surface area contributed by atoms with Crippen molar-refractivity contribution in [2.75, 3.05) is 13.7 Å². The van der Waals surface area contributed by atoms with Gasteiger partial charge in [0, 0.05) is 7.11 Å². The molecule has 0 saturated carbocycles. The number of rotatable bonds is 8. The summed E-state index contributed by atoms with van der Waals surface area (Å²) in [4.78, 5) is 0. The summed E-state index contributed by atoms with van der Waals surface area (Å²) in [5, 5.41) is 13.6. The predicted octanol–water partition coefficient (Wildman–Crippen LogP) is 2.24. The number of ether oxygens (including phenoxy) is 2. The average molecular weight is 321 g/mol. The standard InChI is InChI=1S/C12H21BrN2O3/c1-4-5-11(17-3)18-7-6-15-10(8-16)12(13)9(2)14-15/h11,16H,4-8H2,1-3H3. The Morgan fingerprint density at radius 2 is 2.22 bits per heavy atom. The molecule has 0 aliphatic carbocycles. The number of aliphatic hydroxyl groups excluding tert-OH is 1. The van der Waals surface area contributed by atoms with E-state index < -0.39 is 0 Å². The van der Waals surface area contributed by atoms with E-state index in [1.54, 1.807) is 11.8 Å². The van der Waals surface area contributed by atoms with Gasteiger partial charge in [-0.05, 0) is 29.3 Å². The van der Waals surface area contributed by atoms with Crippen LogP contribution in [0.4, 0.5) is 0 Å². The maximum Gasteiger partial charge on any atom is 0.157 e. The Morgan fingerprint density at radius 1 is 1.50 bits per heavy atom. The Hall–Kier alpha value is -0.430. The summed E-state index contributed by atoms with van der Waals surface area (Å²) >= 11 is 3.41. The number of aromatic nitrogens is 2. The molecule has 1 aromatic heterocycles. The Bertz CT molecular complexity index is 368. The molecule has 0 radical (unpaired) electrons. The van der Waals surface area contributed by atoms with E-state index in [1.165, 1.54) is 0 Å². The fraction of sp³-hybridized carbons (Fsp3) is 0.750. The van der Waals surface area contributed by atoms with E-state index in [9.17, 15) is 5.11 Å². The highest BCUT2D eigenvalue weighted by molar-refractivity contribution is 9.10. The third-order valence-corrected chi connectivity index (χ3v) is 3.73. The van der Waals surface area contributed by atoms with E-state index in [0.717, 1.165) is 28.7 Å². The van der Waals surface area contributed by atoms with E-state index >= 15 is 0 Å². The van der Waals surface area contributed by atoms with Crippen molar-refractivity contribution in [1.82, 2.24) is 9.78 Å². The summed E-state index contributed by atoms with van der Waals surface area (Å²) in [6.45, 7) is 5.07. The zero-order chi connectivity index (χ0) is 13.5. The van der Waals surface area contributed by atoms with Gasteiger partial charge in [-0.1, -0.05) is 13.3 Å². The maximum atomic E-state index is 9.30. The van der Waals surface area contributed by atoms with Gasteiger partial charge >= 0.3 is 0 Å². The third-order valence-electron chi connectivity index (χ3n) is 2.70. The molecular weight excluding hydrogens is 300 g/mol. The van der Waals surface area contributed by atoms with Crippen molar-refractivity contribution in [3.63, 3.8) is 0 Å². The molecule has 1 N–H and O–H groups in total. The Labute approximate surface area is 116 Å². The molecular formula is C12H21BrN2O3. The third kappa shape index (κ3) is 4.05. The summed E-state index contributed by atoms with van der Waals surface area (Å²) < 4.78 is 13.4. The van der Waals surface area contributed by atoms with Crippen LogP contribution in [0.25, 0.3) is 0 Å². The van der Waals surface area contributed by atoms with E-state index in [4.69, 9.17) is 9.47 Å². The number of hydrogen-bond acceptors (Lipinski definition) is 4. The minimum Gasteiger partial charge on any atom is -0.390 e. The molecule has 0 fully saturated rings. The number of methoxy groups -OCH3 is 1. The van der Waals surface area contributed by atoms with Crippen LogP contribution in [0.15, 0.2) is 4.47 Å². The molecule has 104 valence electrons. The summed E-state index contributed by atoms with van der Waals surface area (Å²) in [6.07, 6.45) is 1.74. The van der Waals surface area contributed by atoms with E-state index in [-0.39, 0.29) is 12.9 Å². The molecule has 6 heteroatoms. The molecule has 1 rings (SSSR count). The first-order chi connectivity index (χ1) is 8.63. The van der Waals surface area contributed by atoms with Crippen molar-refractivity contribution in [2.24, 2.45) is 0 Å². The number of aryl methyl sites for hydroxylation is 1. The molecule has 0 spiro atoms. The lowest BCUT2D eigenvalue weighted by atomic mass is 10.3. The van der Waals surface area contributed by atoms with Crippen molar-refractivity contribution in [3.05, 3.63) is 15.9 Å². The second-order valence-electron chi connectivity index (χ2n) is 4.05. The topological polar surface area (TPSA) is 56.5 Å². The van der Waals surface area contributed by atoms with Gasteiger partial charge in [0.15, 0.2) is 6.29 Å². The van der Waals surface area contributed by atoms with Crippen molar-refractivity contribution < 1.29 is 14.6 Å². The lowest BCUT2D eigenvalue weighted by Gasteiger charge is -2.15. The summed E-state index contributed by atoms with van der Waals surface area (Å²) in [7, 11) is 1.65. The smallest absolute Gasteiger partial charge is 0.157 e. The molecule has 18 heavy (non-hydrogen) atoms. The monoisotopic (exact) mass is 320 g/mol. The van der Waals surface area contributed by atoms with Gasteiger partial charge in [0.1, 0.15) is 0 Å². The minimum absolute atomic E-state index is 0.0376. The fourth-order valence-corrected chi connectivity index (χ4v) is 2.13. The number of aliphatic hydroxyl groups is 1. The quantitative estimate of drug-likeness (QED) is 0.746. The number of halogens is 1. The Kier molecular flexibility index (Phi) is 6.85. The molecule has 0 saturated heterocycles. The predicted molar refractivity (Wildman–Crippen MR) is 72.2 cm³/mol. The minimum atomic E-state index is -0.160. The number of hydrogen-bond donors (Lipinski definition) is 1. The molecule has 0 aliphatic rings. The maximum absolute atomic E-state index is 9.30. The van der Waals surface area contributed by atoms with Crippen LogP contribution in [0, 0.1) is 6.92 Å². The van der Waals surface area contributed by atoms with Gasteiger partial charge in [0.05, 0.1) is 35.6 Å². The molecule has 1 unspecified atom stereocenters. The van der Waals surface area contributed by atoms with Crippen molar-refractivity contribution in [1.29, 1.82) is 0 Å². The van der Waals surface area contributed by atoms with E-state index in [1.807, 2.05) is 6.92 Å². The van der Waals surface area contributed by atoms with Gasteiger partial charge in [-0.2, -0.15) is 5.10 Å². The zero-order valence-corrected chi connectivity index (χ0v) is 12.7. The van der Waals surface area contributed by atoms with Crippen LogP contribution >= 0.6 is 15.9 Å². The van der Waals surface area contributed by atoms with Gasteiger partial charge in [0.2, 0.25) is 0 Å². The second kappa shape index (κ2) is 7.89. The normalized spacial score (nSPS) is 12.9. The van der Waals surface area contributed by atoms with Crippen LogP contribution in [-0.4, -0.2) is 34.9 Å². The molecule has 0 bridgehead atoms. The van der Waals surface area contributed by atoms with Gasteiger partial charge < -0.3 is 14.6 Å². The van der Waals surface area contributed by atoms with Crippen LogP contribution < -0.4 is 0 Å². The molecule has 1 heterocycles. The Morgan fingerprint density at radius 3 is 2.78 bits per heavy atom. The molecule has 0 aromatic carbocycles. The van der Waals surface area contributed by atoms with Crippen LogP contribution in [0.2, 0.25) is 0 Å². The highest BCUT2D eigenvalue weighted by Crippen LogP contribution is 2.20. The SMILES string of the molecule is CCCC(OC)OCCn1nc(C)c(Br)c1CO. The van der Waals surface area contributed by atoms with Gasteiger partial charge in [-0.25, -0.2) is 0 Å². The second-order valence-corrected chi connectivity index (χ2v) is 4.85. The van der Waals surface area contributed by atoms with E-state index in [2.05, 4.69) is 28.0 Å². The average Bonchev–Trinajstić information content (AvgIpc) is 2.63. The molecule has 0 amide bonds. The van der Waals surface area contributed by atoms with Gasteiger partial charge in [0.25, 0.3) is 0 Å². The van der Waals surface area contributed by atoms with Crippen molar-refractivity contribution in [3.8, 4) is 0 Å². The largest absolute Gasteiger partial charge is 0.390 e.